The van der Waals surface area contributed by atoms with E-state index in [-0.39, 0.29) is 17.7 Å². The first-order valence-electron chi connectivity index (χ1n) is 8.86. The Balaban J connectivity index is 1.91. The van der Waals surface area contributed by atoms with Crippen LogP contribution >= 0.6 is 0 Å². The summed E-state index contributed by atoms with van der Waals surface area (Å²) >= 11 is 0. The van der Waals surface area contributed by atoms with E-state index in [4.69, 9.17) is 0 Å². The number of fused-ring (bicyclic) bond motifs is 1. The minimum atomic E-state index is -0.202. The third-order valence-corrected chi connectivity index (χ3v) is 4.88. The smallest absolute Gasteiger partial charge is 0.273 e. The molecule has 26 heavy (non-hydrogen) atoms. The number of rotatable bonds is 4. The van der Waals surface area contributed by atoms with Gasteiger partial charge in [0, 0.05) is 17.7 Å². The fraction of sp³-hybridized carbons (Fsp3) is 0.238. The van der Waals surface area contributed by atoms with Crippen LogP contribution in [0.5, 0.6) is 5.75 Å². The van der Waals surface area contributed by atoms with Gasteiger partial charge in [-0.15, -0.1) is 0 Å². The van der Waals surface area contributed by atoms with Crippen molar-refractivity contribution >= 4 is 5.91 Å². The molecule has 1 aliphatic rings. The number of amides is 1. The number of carbonyl (C=O) groups excluding carboxylic acids is 1. The van der Waals surface area contributed by atoms with Crippen molar-refractivity contribution in [3.05, 3.63) is 70.9 Å². The SMILES string of the molecule is CCCN1C(=O)c2[nH]nc(-c3ccccc3O)c2C1c1ccc(C)cc1. The van der Waals surface area contributed by atoms with Gasteiger partial charge in [-0.2, -0.15) is 5.10 Å². The predicted molar refractivity (Wildman–Crippen MR) is 100 cm³/mol. The first-order valence-corrected chi connectivity index (χ1v) is 8.86. The Hall–Kier alpha value is -3.08. The van der Waals surface area contributed by atoms with E-state index in [0.717, 1.165) is 17.5 Å². The summed E-state index contributed by atoms with van der Waals surface area (Å²) < 4.78 is 0. The van der Waals surface area contributed by atoms with E-state index in [0.29, 0.717) is 23.5 Å². The maximum absolute atomic E-state index is 13.0. The van der Waals surface area contributed by atoms with Gasteiger partial charge in [0.25, 0.3) is 5.91 Å². The quantitative estimate of drug-likeness (QED) is 0.748. The van der Waals surface area contributed by atoms with Crippen LogP contribution in [0, 0.1) is 6.92 Å². The minimum absolute atomic E-state index is 0.0402. The topological polar surface area (TPSA) is 69.2 Å². The molecule has 0 saturated carbocycles. The van der Waals surface area contributed by atoms with Gasteiger partial charge in [-0.1, -0.05) is 48.9 Å². The van der Waals surface area contributed by atoms with Crippen LogP contribution in [0.15, 0.2) is 48.5 Å². The summed E-state index contributed by atoms with van der Waals surface area (Å²) in [6.45, 7) is 4.78. The van der Waals surface area contributed by atoms with Gasteiger partial charge in [0.15, 0.2) is 0 Å². The summed E-state index contributed by atoms with van der Waals surface area (Å²) in [6.07, 6.45) is 0.873. The number of carbonyl (C=O) groups is 1. The van der Waals surface area contributed by atoms with Gasteiger partial charge in [0.05, 0.1) is 6.04 Å². The molecule has 3 aromatic rings. The molecule has 132 valence electrons. The van der Waals surface area contributed by atoms with Gasteiger partial charge in [-0.05, 0) is 31.0 Å². The Morgan fingerprint density at radius 3 is 2.58 bits per heavy atom. The fourth-order valence-corrected chi connectivity index (χ4v) is 3.64. The monoisotopic (exact) mass is 347 g/mol. The number of aryl methyl sites for hydroxylation is 1. The molecule has 0 saturated heterocycles. The standard InChI is InChI=1S/C21H21N3O2/c1-3-12-24-20(14-10-8-13(2)9-11-14)17-18(22-23-19(17)21(24)26)15-6-4-5-7-16(15)25/h4-11,20,25H,3,12H2,1-2H3,(H,22,23). The van der Waals surface area contributed by atoms with Crippen molar-refractivity contribution in [3.8, 4) is 17.0 Å². The van der Waals surface area contributed by atoms with Crippen LogP contribution in [0.1, 0.15) is 46.6 Å². The average molecular weight is 347 g/mol. The first-order chi connectivity index (χ1) is 12.6. The van der Waals surface area contributed by atoms with Crippen molar-refractivity contribution in [2.75, 3.05) is 6.54 Å². The van der Waals surface area contributed by atoms with Crippen LogP contribution in [0.3, 0.4) is 0 Å². The van der Waals surface area contributed by atoms with Crippen molar-refractivity contribution in [3.63, 3.8) is 0 Å². The Morgan fingerprint density at radius 2 is 1.88 bits per heavy atom. The summed E-state index contributed by atoms with van der Waals surface area (Å²) in [7, 11) is 0. The lowest BCUT2D eigenvalue weighted by molar-refractivity contribution is 0.0744. The molecule has 1 amide bonds. The molecule has 5 nitrogen and oxygen atoms in total. The van der Waals surface area contributed by atoms with Crippen LogP contribution in [-0.4, -0.2) is 32.7 Å². The van der Waals surface area contributed by atoms with Gasteiger partial charge in [0.2, 0.25) is 0 Å². The van der Waals surface area contributed by atoms with E-state index in [1.807, 2.05) is 24.0 Å². The number of H-pyrrole nitrogens is 1. The van der Waals surface area contributed by atoms with Crippen LogP contribution in [0.4, 0.5) is 0 Å². The van der Waals surface area contributed by atoms with Crippen molar-refractivity contribution in [1.29, 1.82) is 0 Å². The highest BCUT2D eigenvalue weighted by molar-refractivity contribution is 6.00. The Morgan fingerprint density at radius 1 is 1.15 bits per heavy atom. The van der Waals surface area contributed by atoms with Crippen LogP contribution in [0.2, 0.25) is 0 Å². The van der Waals surface area contributed by atoms with Gasteiger partial charge in [-0.3, -0.25) is 9.89 Å². The molecule has 1 aromatic heterocycles. The Bertz CT molecular complexity index is 960. The number of benzene rings is 2. The summed E-state index contributed by atoms with van der Waals surface area (Å²) in [5, 5.41) is 17.6. The average Bonchev–Trinajstić information content (AvgIpc) is 3.17. The number of phenolic OH excluding ortho intramolecular Hbond substituents is 1. The maximum atomic E-state index is 13.0. The second-order valence-electron chi connectivity index (χ2n) is 6.69. The van der Waals surface area contributed by atoms with Gasteiger partial charge < -0.3 is 10.0 Å². The number of nitrogens with one attached hydrogen (secondary N) is 1. The highest BCUT2D eigenvalue weighted by atomic mass is 16.3. The van der Waals surface area contributed by atoms with Crippen LogP contribution in [-0.2, 0) is 0 Å². The highest BCUT2D eigenvalue weighted by Crippen LogP contribution is 2.44. The molecular weight excluding hydrogens is 326 g/mol. The normalized spacial score (nSPS) is 16.2. The molecule has 4 rings (SSSR count). The molecule has 1 atom stereocenters. The van der Waals surface area contributed by atoms with E-state index in [1.54, 1.807) is 12.1 Å². The number of aromatic hydroxyl groups is 1. The number of nitrogens with zero attached hydrogens (tertiary/aromatic N) is 2. The van der Waals surface area contributed by atoms with Gasteiger partial charge >= 0.3 is 0 Å². The summed E-state index contributed by atoms with van der Waals surface area (Å²) in [5.74, 6) is 0.118. The summed E-state index contributed by atoms with van der Waals surface area (Å²) in [6, 6.07) is 15.1. The highest BCUT2D eigenvalue weighted by Gasteiger charge is 2.41. The zero-order chi connectivity index (χ0) is 18.3. The largest absolute Gasteiger partial charge is 0.507 e. The van der Waals surface area contributed by atoms with E-state index < -0.39 is 0 Å². The molecule has 5 heteroatoms. The Kier molecular flexibility index (Phi) is 3.99. The second-order valence-corrected chi connectivity index (χ2v) is 6.69. The van der Waals surface area contributed by atoms with Crippen molar-refractivity contribution in [2.24, 2.45) is 0 Å². The van der Waals surface area contributed by atoms with E-state index in [1.165, 1.54) is 5.56 Å². The molecule has 2 aromatic carbocycles. The predicted octanol–water partition coefficient (Wildman–Crippen LogP) is 4.05. The molecule has 2 heterocycles. The van der Waals surface area contributed by atoms with E-state index >= 15 is 0 Å². The maximum Gasteiger partial charge on any atom is 0.273 e. The van der Waals surface area contributed by atoms with Crippen molar-refractivity contribution < 1.29 is 9.90 Å². The minimum Gasteiger partial charge on any atom is -0.507 e. The first kappa shape index (κ1) is 16.4. The van der Waals surface area contributed by atoms with E-state index in [2.05, 4.69) is 41.4 Å². The molecule has 1 unspecified atom stereocenters. The van der Waals surface area contributed by atoms with Gasteiger partial charge in [0.1, 0.15) is 17.1 Å². The molecule has 0 spiro atoms. The number of aromatic amines is 1. The molecular formula is C21H21N3O2. The van der Waals surface area contributed by atoms with Crippen molar-refractivity contribution in [2.45, 2.75) is 26.3 Å². The van der Waals surface area contributed by atoms with Crippen LogP contribution < -0.4 is 0 Å². The molecule has 0 bridgehead atoms. The summed E-state index contributed by atoms with van der Waals surface area (Å²) in [4.78, 5) is 14.8. The number of aromatic nitrogens is 2. The number of hydrogen-bond acceptors (Lipinski definition) is 3. The van der Waals surface area contributed by atoms with Gasteiger partial charge in [-0.25, -0.2) is 0 Å². The molecule has 2 N–H and O–H groups in total. The lowest BCUT2D eigenvalue weighted by Crippen LogP contribution is -2.30. The molecule has 0 fully saturated rings. The second kappa shape index (κ2) is 6.33. The molecule has 1 aliphatic heterocycles. The zero-order valence-corrected chi connectivity index (χ0v) is 14.9. The van der Waals surface area contributed by atoms with Crippen molar-refractivity contribution in [1.82, 2.24) is 15.1 Å². The zero-order valence-electron chi connectivity index (χ0n) is 14.9. The number of para-hydroxylation sites is 1. The Labute approximate surface area is 152 Å². The van der Waals surface area contributed by atoms with E-state index in [9.17, 15) is 9.90 Å². The lowest BCUT2D eigenvalue weighted by atomic mass is 9.95. The lowest BCUT2D eigenvalue weighted by Gasteiger charge is -2.26. The molecule has 0 radical (unpaired) electrons. The number of phenols is 1. The van der Waals surface area contributed by atoms with Crippen LogP contribution in [0.25, 0.3) is 11.3 Å². The third kappa shape index (κ3) is 2.47. The third-order valence-electron chi connectivity index (χ3n) is 4.88. The summed E-state index contributed by atoms with van der Waals surface area (Å²) in [5.41, 5.74) is 4.85. The molecule has 0 aliphatic carbocycles. The number of hydrogen-bond donors (Lipinski definition) is 2. The fourth-order valence-electron chi connectivity index (χ4n) is 3.64.